The summed E-state index contributed by atoms with van der Waals surface area (Å²) in [4.78, 5) is 12.6. The summed E-state index contributed by atoms with van der Waals surface area (Å²) in [7, 11) is 1.64. The number of hydrogen-bond acceptors (Lipinski definition) is 6. The molecule has 1 aliphatic heterocycles. The van der Waals surface area contributed by atoms with E-state index in [9.17, 15) is 4.79 Å². The average Bonchev–Trinajstić information content (AvgIpc) is 2.97. The Morgan fingerprint density at radius 3 is 2.62 bits per heavy atom. The Hall–Kier alpha value is -1.44. The molecule has 1 aliphatic rings. The molecule has 1 fully saturated rings. The van der Waals surface area contributed by atoms with E-state index in [0.717, 1.165) is 26.1 Å². The third kappa shape index (κ3) is 4.78. The van der Waals surface area contributed by atoms with E-state index in [1.807, 2.05) is 27.7 Å². The molecule has 0 aromatic carbocycles. The second-order valence-electron chi connectivity index (χ2n) is 7.50. The fourth-order valence-corrected chi connectivity index (χ4v) is 2.78. The molecule has 0 bridgehead atoms. The summed E-state index contributed by atoms with van der Waals surface area (Å²) >= 11 is 0. The first-order chi connectivity index (χ1) is 11.2. The first-order valence-corrected chi connectivity index (χ1v) is 8.37. The third-order valence-corrected chi connectivity index (χ3v) is 4.28. The van der Waals surface area contributed by atoms with E-state index in [-0.39, 0.29) is 17.4 Å². The van der Waals surface area contributed by atoms with Crippen LogP contribution in [-0.2, 0) is 19.7 Å². The Morgan fingerprint density at radius 1 is 1.33 bits per heavy atom. The van der Waals surface area contributed by atoms with E-state index >= 15 is 0 Å². The van der Waals surface area contributed by atoms with Crippen molar-refractivity contribution < 1.29 is 18.8 Å². The summed E-state index contributed by atoms with van der Waals surface area (Å²) in [5, 5.41) is 10.2. The minimum atomic E-state index is -0.705. The van der Waals surface area contributed by atoms with Crippen molar-refractivity contribution in [3.05, 3.63) is 11.8 Å². The van der Waals surface area contributed by atoms with Crippen LogP contribution in [0.25, 0.3) is 0 Å². The van der Waals surface area contributed by atoms with Gasteiger partial charge in [-0.2, -0.15) is 0 Å². The molecule has 1 saturated heterocycles. The molecule has 0 unspecified atom stereocenters. The summed E-state index contributed by atoms with van der Waals surface area (Å²) < 4.78 is 15.9. The molecule has 2 heterocycles. The summed E-state index contributed by atoms with van der Waals surface area (Å²) in [6.07, 6.45) is 1.83. The van der Waals surface area contributed by atoms with Gasteiger partial charge in [0.25, 0.3) is 0 Å². The van der Waals surface area contributed by atoms with Crippen molar-refractivity contribution in [1.29, 1.82) is 0 Å². The van der Waals surface area contributed by atoms with Gasteiger partial charge in [-0.1, -0.05) is 19.0 Å². The number of rotatable bonds is 7. The predicted molar refractivity (Wildman–Crippen MR) is 91.1 cm³/mol. The number of anilines is 1. The molecule has 0 saturated carbocycles. The fourth-order valence-electron chi connectivity index (χ4n) is 2.78. The second-order valence-corrected chi connectivity index (χ2v) is 7.50. The van der Waals surface area contributed by atoms with E-state index < -0.39 is 5.54 Å². The lowest BCUT2D eigenvalue weighted by atomic mass is 9.91. The SMILES string of the molecule is COCC(C)(C)c1cc(NC(=O)C(C)(C)NC2CCOCC2)no1. The number of ether oxygens (including phenoxy) is 2. The molecule has 7 nitrogen and oxygen atoms in total. The zero-order valence-corrected chi connectivity index (χ0v) is 15.3. The Bertz CT molecular complexity index is 548. The van der Waals surface area contributed by atoms with Crippen LogP contribution in [0.5, 0.6) is 0 Å². The van der Waals surface area contributed by atoms with E-state index in [4.69, 9.17) is 14.0 Å². The van der Waals surface area contributed by atoms with Crippen molar-refractivity contribution in [3.8, 4) is 0 Å². The molecule has 24 heavy (non-hydrogen) atoms. The molecule has 7 heteroatoms. The van der Waals surface area contributed by atoms with Crippen LogP contribution in [0.3, 0.4) is 0 Å². The quantitative estimate of drug-likeness (QED) is 0.791. The van der Waals surface area contributed by atoms with Gasteiger partial charge in [-0.3, -0.25) is 4.79 Å². The summed E-state index contributed by atoms with van der Waals surface area (Å²) in [6.45, 7) is 9.71. The minimum absolute atomic E-state index is 0.140. The van der Waals surface area contributed by atoms with Crippen LogP contribution in [0.4, 0.5) is 5.82 Å². The van der Waals surface area contributed by atoms with Crippen molar-refractivity contribution >= 4 is 11.7 Å². The van der Waals surface area contributed by atoms with Crippen molar-refractivity contribution in [2.45, 2.75) is 57.5 Å². The number of carbonyl (C=O) groups excluding carboxylic acids is 1. The van der Waals surface area contributed by atoms with Gasteiger partial charge in [-0.15, -0.1) is 0 Å². The van der Waals surface area contributed by atoms with E-state index in [1.165, 1.54) is 0 Å². The van der Waals surface area contributed by atoms with Crippen LogP contribution in [0.1, 0.15) is 46.3 Å². The molecular weight excluding hydrogens is 310 g/mol. The lowest BCUT2D eigenvalue weighted by Crippen LogP contribution is -2.55. The van der Waals surface area contributed by atoms with Crippen molar-refractivity contribution in [3.63, 3.8) is 0 Å². The van der Waals surface area contributed by atoms with Crippen molar-refractivity contribution in [2.75, 3.05) is 32.2 Å². The highest BCUT2D eigenvalue weighted by Gasteiger charge is 2.32. The highest BCUT2D eigenvalue weighted by atomic mass is 16.5. The number of aromatic nitrogens is 1. The molecule has 1 aromatic heterocycles. The molecule has 2 N–H and O–H groups in total. The number of amides is 1. The van der Waals surface area contributed by atoms with E-state index in [1.54, 1.807) is 13.2 Å². The molecular formula is C17H29N3O4. The van der Waals surface area contributed by atoms with Crippen LogP contribution in [0.15, 0.2) is 10.6 Å². The normalized spacial score (nSPS) is 17.0. The molecule has 136 valence electrons. The molecule has 0 aliphatic carbocycles. The van der Waals surface area contributed by atoms with Gasteiger partial charge >= 0.3 is 0 Å². The minimum Gasteiger partial charge on any atom is -0.384 e. The molecule has 1 amide bonds. The number of nitrogens with one attached hydrogen (secondary N) is 2. The van der Waals surface area contributed by atoms with Gasteiger partial charge in [0.15, 0.2) is 5.82 Å². The van der Waals surface area contributed by atoms with Gasteiger partial charge < -0.3 is 24.6 Å². The topological polar surface area (TPSA) is 85.6 Å². The molecule has 0 spiro atoms. The first kappa shape index (κ1) is 18.9. The largest absolute Gasteiger partial charge is 0.384 e. The fraction of sp³-hybridized carbons (Fsp3) is 0.765. The Labute approximate surface area is 143 Å². The van der Waals surface area contributed by atoms with Gasteiger partial charge in [-0.25, -0.2) is 0 Å². The zero-order chi connectivity index (χ0) is 17.8. The van der Waals surface area contributed by atoms with Crippen molar-refractivity contribution in [1.82, 2.24) is 10.5 Å². The molecule has 0 atom stereocenters. The van der Waals surface area contributed by atoms with Gasteiger partial charge in [0.05, 0.1) is 12.1 Å². The number of hydrogen-bond donors (Lipinski definition) is 2. The first-order valence-electron chi connectivity index (χ1n) is 8.37. The standard InChI is InChI=1S/C17H29N3O4/c1-16(2,11-22-5)13-10-14(20-24-13)18-15(21)17(3,4)19-12-6-8-23-9-7-12/h10,12,19H,6-9,11H2,1-5H3,(H,18,20,21). The van der Waals surface area contributed by atoms with Crippen LogP contribution in [0, 0.1) is 0 Å². The lowest BCUT2D eigenvalue weighted by Gasteiger charge is -2.32. The Balaban J connectivity index is 1.97. The maximum absolute atomic E-state index is 12.6. The summed E-state index contributed by atoms with van der Waals surface area (Å²) in [5.74, 6) is 0.953. The van der Waals surface area contributed by atoms with Crippen LogP contribution < -0.4 is 10.6 Å². The second kappa shape index (κ2) is 7.63. The predicted octanol–water partition coefficient (Wildman–Crippen LogP) is 2.08. The Kier molecular flexibility index (Phi) is 6.01. The van der Waals surface area contributed by atoms with Crippen molar-refractivity contribution in [2.24, 2.45) is 0 Å². The van der Waals surface area contributed by atoms with Gasteiger partial charge in [0, 0.05) is 37.8 Å². The zero-order valence-electron chi connectivity index (χ0n) is 15.3. The monoisotopic (exact) mass is 339 g/mol. The highest BCUT2D eigenvalue weighted by molar-refractivity contribution is 5.96. The summed E-state index contributed by atoms with van der Waals surface area (Å²) in [6, 6.07) is 2.04. The number of carbonyl (C=O) groups is 1. The van der Waals surface area contributed by atoms with Crippen LogP contribution in [-0.4, -0.2) is 49.6 Å². The van der Waals surface area contributed by atoms with Gasteiger partial charge in [-0.05, 0) is 26.7 Å². The smallest absolute Gasteiger partial charge is 0.245 e. The van der Waals surface area contributed by atoms with Crippen LogP contribution in [0.2, 0.25) is 0 Å². The summed E-state index contributed by atoms with van der Waals surface area (Å²) in [5.41, 5.74) is -1.01. The number of methoxy groups -OCH3 is 1. The van der Waals surface area contributed by atoms with Gasteiger partial charge in [0.2, 0.25) is 5.91 Å². The maximum Gasteiger partial charge on any atom is 0.245 e. The van der Waals surface area contributed by atoms with E-state index in [2.05, 4.69) is 15.8 Å². The molecule has 2 rings (SSSR count). The molecule has 0 radical (unpaired) electrons. The maximum atomic E-state index is 12.6. The average molecular weight is 339 g/mol. The van der Waals surface area contributed by atoms with Crippen LogP contribution >= 0.6 is 0 Å². The number of nitrogens with zero attached hydrogens (tertiary/aromatic N) is 1. The Morgan fingerprint density at radius 2 is 2.00 bits per heavy atom. The van der Waals surface area contributed by atoms with E-state index in [0.29, 0.717) is 18.2 Å². The third-order valence-electron chi connectivity index (χ3n) is 4.28. The van der Waals surface area contributed by atoms with Gasteiger partial charge in [0.1, 0.15) is 5.76 Å². The highest BCUT2D eigenvalue weighted by Crippen LogP contribution is 2.26. The molecule has 1 aromatic rings. The lowest BCUT2D eigenvalue weighted by molar-refractivity contribution is -0.121.